The van der Waals surface area contributed by atoms with Gasteiger partial charge in [0.15, 0.2) is 0 Å². The molecule has 0 heterocycles. The first-order chi connectivity index (χ1) is 9.23. The Morgan fingerprint density at radius 3 is 2.63 bits per heavy atom. The number of methoxy groups -OCH3 is 1. The first-order valence-corrected chi connectivity index (χ1v) is 7.31. The number of rotatable bonds is 5. The third kappa shape index (κ3) is 2.63. The van der Waals surface area contributed by atoms with E-state index in [1.54, 1.807) is 7.11 Å². The zero-order chi connectivity index (χ0) is 13.3. The molecule has 2 aliphatic carbocycles. The first-order valence-electron chi connectivity index (χ1n) is 7.31. The molecule has 0 aliphatic heterocycles. The van der Waals surface area contributed by atoms with E-state index in [9.17, 15) is 0 Å². The summed E-state index contributed by atoms with van der Waals surface area (Å²) in [4.78, 5) is 0. The van der Waals surface area contributed by atoms with Crippen molar-refractivity contribution in [2.75, 3.05) is 7.11 Å². The molecule has 19 heavy (non-hydrogen) atoms. The van der Waals surface area contributed by atoms with Gasteiger partial charge >= 0.3 is 0 Å². The molecule has 3 nitrogen and oxygen atoms in total. The van der Waals surface area contributed by atoms with Gasteiger partial charge in [-0.25, -0.2) is 0 Å². The number of hydrogen-bond acceptors (Lipinski definition) is 3. The Kier molecular flexibility index (Phi) is 3.50. The summed E-state index contributed by atoms with van der Waals surface area (Å²) in [6.45, 7) is 0. The van der Waals surface area contributed by atoms with Crippen molar-refractivity contribution in [3.63, 3.8) is 0 Å². The van der Waals surface area contributed by atoms with Gasteiger partial charge in [0.2, 0.25) is 0 Å². The highest BCUT2D eigenvalue weighted by Gasteiger charge is 2.40. The second kappa shape index (κ2) is 5.14. The lowest BCUT2D eigenvalue weighted by molar-refractivity contribution is -0.0264. The van der Waals surface area contributed by atoms with Gasteiger partial charge in [0.1, 0.15) is 5.75 Å². The van der Waals surface area contributed by atoms with E-state index in [0.29, 0.717) is 6.10 Å². The molecule has 0 spiro atoms. The monoisotopic (exact) mass is 261 g/mol. The Labute approximate surface area is 115 Å². The molecule has 3 heteroatoms. The maximum Gasteiger partial charge on any atom is 0.120 e. The van der Waals surface area contributed by atoms with Crippen LogP contribution in [0.3, 0.4) is 0 Å². The van der Waals surface area contributed by atoms with E-state index < -0.39 is 0 Å². The molecule has 0 bridgehead atoms. The maximum atomic E-state index is 6.48. The van der Waals surface area contributed by atoms with Gasteiger partial charge in [0.25, 0.3) is 0 Å². The fourth-order valence-corrected chi connectivity index (χ4v) is 3.08. The quantitative estimate of drug-likeness (QED) is 0.885. The van der Waals surface area contributed by atoms with Gasteiger partial charge in [-0.2, -0.15) is 0 Å². The van der Waals surface area contributed by atoms with Crippen molar-refractivity contribution in [2.45, 2.75) is 56.3 Å². The second-order valence-corrected chi connectivity index (χ2v) is 5.84. The Morgan fingerprint density at radius 2 is 2.00 bits per heavy atom. The highest BCUT2D eigenvalue weighted by Crippen LogP contribution is 2.42. The predicted octanol–water partition coefficient (Wildman–Crippen LogP) is 3.19. The van der Waals surface area contributed by atoms with E-state index in [-0.39, 0.29) is 11.6 Å². The minimum Gasteiger partial charge on any atom is -0.490 e. The normalized spacial score (nSPS) is 23.3. The van der Waals surface area contributed by atoms with Crippen molar-refractivity contribution in [1.29, 1.82) is 0 Å². The zero-order valence-electron chi connectivity index (χ0n) is 11.6. The SMILES string of the molecule is COC1(C(N)c2cccc(OC3CC3)c2)CCCC1. The van der Waals surface area contributed by atoms with E-state index in [1.807, 2.05) is 12.1 Å². The molecular formula is C16H23NO2. The van der Waals surface area contributed by atoms with Crippen LogP contribution in [0, 0.1) is 0 Å². The minimum absolute atomic E-state index is 0.0669. The molecule has 0 saturated heterocycles. The molecule has 3 rings (SSSR count). The van der Waals surface area contributed by atoms with Crippen LogP contribution in [0.25, 0.3) is 0 Å². The minimum atomic E-state index is -0.182. The van der Waals surface area contributed by atoms with Crippen molar-refractivity contribution in [1.82, 2.24) is 0 Å². The lowest BCUT2D eigenvalue weighted by atomic mass is 9.87. The average molecular weight is 261 g/mol. The summed E-state index contributed by atoms with van der Waals surface area (Å²) in [5.41, 5.74) is 7.42. The highest BCUT2D eigenvalue weighted by atomic mass is 16.5. The molecule has 2 saturated carbocycles. The Hall–Kier alpha value is -1.06. The molecule has 2 aliphatic rings. The third-order valence-electron chi connectivity index (χ3n) is 4.47. The predicted molar refractivity (Wildman–Crippen MR) is 75.2 cm³/mol. The van der Waals surface area contributed by atoms with E-state index in [2.05, 4.69) is 12.1 Å². The van der Waals surface area contributed by atoms with Crippen LogP contribution in [0.1, 0.15) is 50.1 Å². The number of ether oxygens (including phenoxy) is 2. The van der Waals surface area contributed by atoms with Gasteiger partial charge in [0, 0.05) is 7.11 Å². The molecule has 104 valence electrons. The van der Waals surface area contributed by atoms with Crippen LogP contribution in [0.4, 0.5) is 0 Å². The second-order valence-electron chi connectivity index (χ2n) is 5.84. The van der Waals surface area contributed by atoms with Gasteiger partial charge in [0.05, 0.1) is 17.7 Å². The van der Waals surface area contributed by atoms with Crippen LogP contribution < -0.4 is 10.5 Å². The molecular weight excluding hydrogens is 238 g/mol. The number of hydrogen-bond donors (Lipinski definition) is 1. The Balaban J connectivity index is 1.79. The molecule has 2 fully saturated rings. The molecule has 2 N–H and O–H groups in total. The van der Waals surface area contributed by atoms with Crippen LogP contribution in [0.5, 0.6) is 5.75 Å². The summed E-state index contributed by atoms with van der Waals surface area (Å²) in [5, 5.41) is 0. The van der Waals surface area contributed by atoms with E-state index in [4.69, 9.17) is 15.2 Å². The number of nitrogens with two attached hydrogens (primary N) is 1. The highest BCUT2D eigenvalue weighted by molar-refractivity contribution is 5.32. The van der Waals surface area contributed by atoms with Gasteiger partial charge in [-0.15, -0.1) is 0 Å². The molecule has 0 amide bonds. The lowest BCUT2D eigenvalue weighted by Gasteiger charge is -2.34. The van der Waals surface area contributed by atoms with E-state index >= 15 is 0 Å². The van der Waals surface area contributed by atoms with Crippen molar-refractivity contribution < 1.29 is 9.47 Å². The molecule has 1 unspecified atom stereocenters. The smallest absolute Gasteiger partial charge is 0.120 e. The summed E-state index contributed by atoms with van der Waals surface area (Å²) in [6, 6.07) is 8.15. The topological polar surface area (TPSA) is 44.5 Å². The lowest BCUT2D eigenvalue weighted by Crippen LogP contribution is -2.40. The van der Waals surface area contributed by atoms with Crippen molar-refractivity contribution in [3.8, 4) is 5.75 Å². The van der Waals surface area contributed by atoms with Crippen LogP contribution in [0.2, 0.25) is 0 Å². The van der Waals surface area contributed by atoms with Crippen molar-refractivity contribution in [2.24, 2.45) is 5.73 Å². The van der Waals surface area contributed by atoms with Crippen LogP contribution >= 0.6 is 0 Å². The van der Waals surface area contributed by atoms with E-state index in [0.717, 1.165) is 24.2 Å². The van der Waals surface area contributed by atoms with Gasteiger partial charge in [-0.05, 0) is 43.4 Å². The molecule has 1 atom stereocenters. The van der Waals surface area contributed by atoms with Gasteiger partial charge in [-0.3, -0.25) is 0 Å². The number of benzene rings is 1. The summed E-state index contributed by atoms with van der Waals surface area (Å²) in [7, 11) is 1.79. The van der Waals surface area contributed by atoms with E-state index in [1.165, 1.54) is 25.7 Å². The average Bonchev–Trinajstić information content (AvgIpc) is 3.12. The summed E-state index contributed by atoms with van der Waals surface area (Å²) < 4.78 is 11.6. The standard InChI is InChI=1S/C16H23NO2/c1-18-16(9-2-3-10-16)15(17)12-5-4-6-14(11-12)19-13-7-8-13/h4-6,11,13,15H,2-3,7-10,17H2,1H3. The molecule has 1 aromatic rings. The summed E-state index contributed by atoms with van der Waals surface area (Å²) >= 11 is 0. The Bertz CT molecular complexity index is 436. The van der Waals surface area contributed by atoms with Crippen LogP contribution in [0.15, 0.2) is 24.3 Å². The summed E-state index contributed by atoms with van der Waals surface area (Å²) in [6.07, 6.45) is 7.31. The zero-order valence-corrected chi connectivity index (χ0v) is 11.6. The molecule has 1 aromatic carbocycles. The van der Waals surface area contributed by atoms with Gasteiger partial charge in [-0.1, -0.05) is 25.0 Å². The van der Waals surface area contributed by atoms with Gasteiger partial charge < -0.3 is 15.2 Å². The molecule has 0 aromatic heterocycles. The molecule has 0 radical (unpaired) electrons. The van der Waals surface area contributed by atoms with Crippen molar-refractivity contribution >= 4 is 0 Å². The third-order valence-corrected chi connectivity index (χ3v) is 4.47. The fraction of sp³-hybridized carbons (Fsp3) is 0.625. The van der Waals surface area contributed by atoms with Crippen molar-refractivity contribution in [3.05, 3.63) is 29.8 Å². The largest absolute Gasteiger partial charge is 0.490 e. The fourth-order valence-electron chi connectivity index (χ4n) is 3.08. The maximum absolute atomic E-state index is 6.48. The Morgan fingerprint density at radius 1 is 1.26 bits per heavy atom. The summed E-state index contributed by atoms with van der Waals surface area (Å²) in [5.74, 6) is 0.944. The van der Waals surface area contributed by atoms with Crippen LogP contribution in [-0.4, -0.2) is 18.8 Å². The first kappa shape index (κ1) is 12.9. The van der Waals surface area contributed by atoms with Crippen LogP contribution in [-0.2, 0) is 4.74 Å².